The maximum Gasteiger partial charge on any atom is 0.338 e. The molecule has 0 aliphatic carbocycles. The fraction of sp³-hybridized carbons (Fsp3) is 0.211. The molecule has 2 aromatic rings. The largest absolute Gasteiger partial charge is 0.462 e. The van der Waals surface area contributed by atoms with Gasteiger partial charge in [0.2, 0.25) is 0 Å². The number of nitriles is 1. The summed E-state index contributed by atoms with van der Waals surface area (Å²) in [7, 11) is 0. The second-order valence-electron chi connectivity index (χ2n) is 5.20. The Morgan fingerprint density at radius 1 is 1.17 bits per heavy atom. The van der Waals surface area contributed by atoms with Gasteiger partial charge >= 0.3 is 5.97 Å². The average Bonchev–Trinajstić information content (AvgIpc) is 2.60. The minimum absolute atomic E-state index is 0.0698. The lowest BCUT2D eigenvalue weighted by atomic mass is 10.1. The van der Waals surface area contributed by atoms with E-state index in [9.17, 15) is 9.59 Å². The third-order valence-corrected chi connectivity index (χ3v) is 3.48. The lowest BCUT2D eigenvalue weighted by Crippen LogP contribution is -2.07. The van der Waals surface area contributed by atoms with E-state index in [1.807, 2.05) is 12.1 Å². The van der Waals surface area contributed by atoms with Crippen LogP contribution in [-0.2, 0) is 11.3 Å². The van der Waals surface area contributed by atoms with Crippen molar-refractivity contribution in [2.24, 2.45) is 0 Å². The van der Waals surface area contributed by atoms with Crippen LogP contribution in [0.15, 0.2) is 42.5 Å². The summed E-state index contributed by atoms with van der Waals surface area (Å²) in [6, 6.07) is 14.0. The first-order valence-electron chi connectivity index (χ1n) is 7.60. The molecule has 122 valence electrons. The van der Waals surface area contributed by atoms with Crippen molar-refractivity contribution in [3.05, 3.63) is 64.7 Å². The zero-order valence-electron chi connectivity index (χ0n) is 13.6. The van der Waals surface area contributed by atoms with Gasteiger partial charge in [0.1, 0.15) is 0 Å². The quantitative estimate of drug-likeness (QED) is 0.650. The molecule has 0 fully saturated rings. The first-order valence-corrected chi connectivity index (χ1v) is 7.60. The van der Waals surface area contributed by atoms with Crippen LogP contribution in [0.2, 0.25) is 0 Å². The summed E-state index contributed by atoms with van der Waals surface area (Å²) >= 11 is 0. The van der Waals surface area contributed by atoms with E-state index >= 15 is 0 Å². The number of carbonyl (C=O) groups is 2. The Kier molecular flexibility index (Phi) is 5.69. The summed E-state index contributed by atoms with van der Waals surface area (Å²) in [6.45, 7) is 4.06. The molecule has 0 amide bonds. The number of anilines is 1. The highest BCUT2D eigenvalue weighted by Crippen LogP contribution is 2.19. The van der Waals surface area contributed by atoms with Crippen molar-refractivity contribution in [3.8, 4) is 6.07 Å². The van der Waals surface area contributed by atoms with Crippen LogP contribution in [0.3, 0.4) is 0 Å². The zero-order valence-corrected chi connectivity index (χ0v) is 13.6. The molecule has 0 saturated heterocycles. The molecule has 24 heavy (non-hydrogen) atoms. The van der Waals surface area contributed by atoms with Crippen LogP contribution in [0.1, 0.15) is 45.7 Å². The molecular formula is C19H18N2O3. The summed E-state index contributed by atoms with van der Waals surface area (Å²) in [4.78, 5) is 23.3. The second kappa shape index (κ2) is 7.93. The Labute approximate surface area is 140 Å². The van der Waals surface area contributed by atoms with Crippen LogP contribution in [0.4, 0.5) is 5.69 Å². The summed E-state index contributed by atoms with van der Waals surface area (Å²) in [5, 5.41) is 12.2. The Bertz CT molecular complexity index is 789. The van der Waals surface area contributed by atoms with E-state index in [2.05, 4.69) is 11.4 Å². The highest BCUT2D eigenvalue weighted by Gasteiger charge is 2.09. The number of hydrogen-bond acceptors (Lipinski definition) is 5. The number of nitrogens with zero attached hydrogens (tertiary/aromatic N) is 1. The Hall–Kier alpha value is -3.13. The number of esters is 1. The van der Waals surface area contributed by atoms with Crippen LogP contribution in [0.5, 0.6) is 0 Å². The van der Waals surface area contributed by atoms with Crippen molar-refractivity contribution < 1.29 is 14.3 Å². The molecule has 5 heteroatoms. The maximum absolute atomic E-state index is 11.7. The van der Waals surface area contributed by atoms with Gasteiger partial charge in [-0.3, -0.25) is 4.79 Å². The fourth-order valence-electron chi connectivity index (χ4n) is 2.24. The van der Waals surface area contributed by atoms with Crippen molar-refractivity contribution in [2.75, 3.05) is 11.9 Å². The van der Waals surface area contributed by atoms with Crippen LogP contribution in [0, 0.1) is 11.3 Å². The molecule has 5 nitrogen and oxygen atoms in total. The number of benzene rings is 2. The van der Waals surface area contributed by atoms with Crippen LogP contribution >= 0.6 is 0 Å². The average molecular weight is 322 g/mol. The number of carbonyl (C=O) groups excluding carboxylic acids is 2. The molecule has 0 radical (unpaired) electrons. The summed E-state index contributed by atoms with van der Waals surface area (Å²) < 4.78 is 4.94. The zero-order chi connectivity index (χ0) is 17.5. The van der Waals surface area contributed by atoms with E-state index in [-0.39, 0.29) is 11.8 Å². The number of hydrogen-bond donors (Lipinski definition) is 1. The van der Waals surface area contributed by atoms with E-state index in [4.69, 9.17) is 10.00 Å². The molecule has 0 heterocycles. The van der Waals surface area contributed by atoms with E-state index in [0.717, 1.165) is 5.56 Å². The predicted octanol–water partition coefficient (Wildman–Crippen LogP) is 3.55. The van der Waals surface area contributed by atoms with Crippen LogP contribution < -0.4 is 5.32 Å². The number of ether oxygens (including phenoxy) is 1. The molecule has 0 saturated carbocycles. The smallest absolute Gasteiger partial charge is 0.338 e. The Morgan fingerprint density at radius 2 is 1.88 bits per heavy atom. The third kappa shape index (κ3) is 4.20. The topological polar surface area (TPSA) is 79.2 Å². The summed E-state index contributed by atoms with van der Waals surface area (Å²) in [5.74, 6) is -0.419. The molecule has 2 rings (SSSR count). The summed E-state index contributed by atoms with van der Waals surface area (Å²) in [5.41, 5.74) is 3.09. The first kappa shape index (κ1) is 17.2. The molecule has 0 atom stereocenters. The van der Waals surface area contributed by atoms with Gasteiger partial charge in [0, 0.05) is 17.8 Å². The van der Waals surface area contributed by atoms with Gasteiger partial charge in [-0.2, -0.15) is 5.26 Å². The van der Waals surface area contributed by atoms with Gasteiger partial charge in [-0.1, -0.05) is 12.1 Å². The molecular weight excluding hydrogens is 304 g/mol. The standard InChI is InChI=1S/C19H18N2O3/c1-3-24-19(23)16-7-4-14(5-8-16)12-21-18-10-15(11-20)6-9-17(18)13(2)22/h4-10,21H,3,12H2,1-2H3. The van der Waals surface area contributed by atoms with Gasteiger partial charge < -0.3 is 10.1 Å². The maximum atomic E-state index is 11.7. The molecule has 0 spiro atoms. The lowest BCUT2D eigenvalue weighted by molar-refractivity contribution is 0.0526. The van der Waals surface area contributed by atoms with Gasteiger partial charge in [-0.05, 0) is 49.7 Å². The minimum atomic E-state index is -0.349. The van der Waals surface area contributed by atoms with E-state index in [1.54, 1.807) is 37.3 Å². The third-order valence-electron chi connectivity index (χ3n) is 3.48. The molecule has 1 N–H and O–H groups in total. The predicted molar refractivity (Wildman–Crippen MR) is 90.9 cm³/mol. The first-order chi connectivity index (χ1) is 11.5. The summed E-state index contributed by atoms with van der Waals surface area (Å²) in [6.07, 6.45) is 0. The molecule has 0 bridgehead atoms. The normalized spacial score (nSPS) is 9.88. The molecule has 2 aromatic carbocycles. The van der Waals surface area contributed by atoms with Gasteiger partial charge in [0.25, 0.3) is 0 Å². The molecule has 0 unspecified atom stereocenters. The van der Waals surface area contributed by atoms with Crippen molar-refractivity contribution in [3.63, 3.8) is 0 Å². The molecule has 0 aliphatic heterocycles. The number of Topliss-reactive ketones (excluding diaryl/α,β-unsaturated/α-hetero) is 1. The highest BCUT2D eigenvalue weighted by molar-refractivity contribution is 5.99. The minimum Gasteiger partial charge on any atom is -0.462 e. The van der Waals surface area contributed by atoms with E-state index < -0.39 is 0 Å². The van der Waals surface area contributed by atoms with Gasteiger partial charge in [-0.15, -0.1) is 0 Å². The van der Waals surface area contributed by atoms with Crippen LogP contribution in [0.25, 0.3) is 0 Å². The Balaban J connectivity index is 2.12. The van der Waals surface area contributed by atoms with E-state index in [1.165, 1.54) is 6.92 Å². The number of rotatable bonds is 6. The highest BCUT2D eigenvalue weighted by atomic mass is 16.5. The SMILES string of the molecule is CCOC(=O)c1ccc(CNc2cc(C#N)ccc2C(C)=O)cc1. The Morgan fingerprint density at radius 3 is 2.46 bits per heavy atom. The number of nitrogens with one attached hydrogen (secondary N) is 1. The van der Waals surface area contributed by atoms with E-state index in [0.29, 0.717) is 35.5 Å². The molecule has 0 aliphatic rings. The van der Waals surface area contributed by atoms with Gasteiger partial charge in [0.15, 0.2) is 5.78 Å². The fourth-order valence-corrected chi connectivity index (χ4v) is 2.24. The van der Waals surface area contributed by atoms with Gasteiger partial charge in [0.05, 0.1) is 23.8 Å². The second-order valence-corrected chi connectivity index (χ2v) is 5.20. The van der Waals surface area contributed by atoms with Crippen molar-refractivity contribution >= 4 is 17.4 Å². The van der Waals surface area contributed by atoms with Crippen molar-refractivity contribution in [2.45, 2.75) is 20.4 Å². The van der Waals surface area contributed by atoms with Crippen molar-refractivity contribution in [1.29, 1.82) is 5.26 Å². The lowest BCUT2D eigenvalue weighted by Gasteiger charge is -2.11. The molecule has 0 aromatic heterocycles. The van der Waals surface area contributed by atoms with Crippen LogP contribution in [-0.4, -0.2) is 18.4 Å². The van der Waals surface area contributed by atoms with Crippen molar-refractivity contribution in [1.82, 2.24) is 0 Å². The number of ketones is 1. The van der Waals surface area contributed by atoms with Gasteiger partial charge in [-0.25, -0.2) is 4.79 Å². The monoisotopic (exact) mass is 322 g/mol.